The number of carbonyl (C=O) groups excluding carboxylic acids is 1. The van der Waals surface area contributed by atoms with Crippen LogP contribution in [0.15, 0.2) is 53.7 Å². The first-order chi connectivity index (χ1) is 14.5. The number of aromatic nitrogens is 1. The van der Waals surface area contributed by atoms with Gasteiger partial charge >= 0.3 is 0 Å². The highest BCUT2D eigenvalue weighted by Crippen LogP contribution is 2.15. The van der Waals surface area contributed by atoms with E-state index in [9.17, 15) is 4.79 Å². The van der Waals surface area contributed by atoms with Crippen LogP contribution in [0.25, 0.3) is 0 Å². The van der Waals surface area contributed by atoms with Crippen molar-refractivity contribution in [1.82, 2.24) is 20.5 Å². The number of amides is 1. The van der Waals surface area contributed by atoms with Gasteiger partial charge in [-0.05, 0) is 50.6 Å². The lowest BCUT2D eigenvalue weighted by Crippen LogP contribution is -2.48. The Hall–Kier alpha value is -2.93. The van der Waals surface area contributed by atoms with E-state index < -0.39 is 0 Å². The number of aliphatic imine (C=N–C) groups is 1. The van der Waals surface area contributed by atoms with E-state index in [1.165, 1.54) is 0 Å². The number of carbonyl (C=O) groups is 1. The highest BCUT2D eigenvalue weighted by molar-refractivity contribution is 5.94. The summed E-state index contributed by atoms with van der Waals surface area (Å²) in [5.74, 6) is 0.789. The maximum absolute atomic E-state index is 12.8. The summed E-state index contributed by atoms with van der Waals surface area (Å²) in [5.41, 5.74) is 2.70. The van der Waals surface area contributed by atoms with Crippen molar-refractivity contribution in [3.8, 4) is 0 Å². The number of ether oxygens (including phenoxy) is 1. The van der Waals surface area contributed by atoms with Gasteiger partial charge in [0.05, 0.1) is 31.0 Å². The molecule has 0 bridgehead atoms. The van der Waals surface area contributed by atoms with Gasteiger partial charge in [-0.15, -0.1) is 0 Å². The molecule has 1 amide bonds. The van der Waals surface area contributed by atoms with Gasteiger partial charge in [0.2, 0.25) is 0 Å². The predicted octanol–water partition coefficient (Wildman–Crippen LogP) is 2.59. The van der Waals surface area contributed by atoms with Crippen molar-refractivity contribution in [2.24, 2.45) is 4.99 Å². The summed E-state index contributed by atoms with van der Waals surface area (Å²) in [7, 11) is 0. The molecule has 0 spiro atoms. The predicted molar refractivity (Wildman–Crippen MR) is 118 cm³/mol. The Morgan fingerprint density at radius 2 is 1.87 bits per heavy atom. The molecule has 0 saturated carbocycles. The summed E-state index contributed by atoms with van der Waals surface area (Å²) >= 11 is 0. The smallest absolute Gasteiger partial charge is 0.254 e. The van der Waals surface area contributed by atoms with Gasteiger partial charge in [0, 0.05) is 31.4 Å². The van der Waals surface area contributed by atoms with Crippen LogP contribution in [0.3, 0.4) is 0 Å². The Labute approximate surface area is 178 Å². The number of rotatable bonds is 6. The molecule has 1 aliphatic rings. The average Bonchev–Trinajstić information content (AvgIpc) is 2.75. The topological polar surface area (TPSA) is 78.9 Å². The molecular formula is C23H31N5O2. The summed E-state index contributed by atoms with van der Waals surface area (Å²) in [6.07, 6.45) is 1.91. The molecule has 2 heterocycles. The zero-order valence-electron chi connectivity index (χ0n) is 18.0. The molecule has 1 aromatic heterocycles. The van der Waals surface area contributed by atoms with Gasteiger partial charge in [-0.1, -0.05) is 18.2 Å². The van der Waals surface area contributed by atoms with Crippen molar-refractivity contribution in [3.05, 3.63) is 65.5 Å². The SMILES string of the molecule is CCNC(=NCc1ccc(C(=O)N2CC(C)OC(C)C2)cc1)NCc1ccccn1. The Kier molecular flexibility index (Phi) is 7.79. The van der Waals surface area contributed by atoms with Crippen molar-refractivity contribution in [2.75, 3.05) is 19.6 Å². The first-order valence-electron chi connectivity index (χ1n) is 10.5. The van der Waals surface area contributed by atoms with Crippen molar-refractivity contribution in [1.29, 1.82) is 0 Å². The lowest BCUT2D eigenvalue weighted by molar-refractivity contribution is -0.0586. The third kappa shape index (κ3) is 6.29. The third-order valence-corrected chi connectivity index (χ3v) is 4.83. The summed E-state index contributed by atoms with van der Waals surface area (Å²) in [4.78, 5) is 23.6. The molecule has 2 N–H and O–H groups in total. The second-order valence-electron chi connectivity index (χ2n) is 7.53. The van der Waals surface area contributed by atoms with E-state index in [0.29, 0.717) is 31.7 Å². The van der Waals surface area contributed by atoms with Gasteiger partial charge in [0.1, 0.15) is 0 Å². The van der Waals surface area contributed by atoms with Crippen LogP contribution in [0, 0.1) is 0 Å². The number of nitrogens with zero attached hydrogens (tertiary/aromatic N) is 3. The molecule has 2 atom stereocenters. The van der Waals surface area contributed by atoms with Crippen LogP contribution in [-0.2, 0) is 17.8 Å². The summed E-state index contributed by atoms with van der Waals surface area (Å²) < 4.78 is 5.72. The fourth-order valence-electron chi connectivity index (χ4n) is 3.47. The van der Waals surface area contributed by atoms with Crippen molar-refractivity contribution >= 4 is 11.9 Å². The van der Waals surface area contributed by atoms with Gasteiger partial charge in [0.25, 0.3) is 5.91 Å². The zero-order valence-corrected chi connectivity index (χ0v) is 18.0. The Balaban J connectivity index is 1.58. The van der Waals surface area contributed by atoms with Crippen LogP contribution in [-0.4, -0.2) is 53.6 Å². The van der Waals surface area contributed by atoms with E-state index in [0.717, 1.165) is 23.8 Å². The number of benzene rings is 1. The van der Waals surface area contributed by atoms with E-state index in [1.54, 1.807) is 6.20 Å². The molecule has 3 rings (SSSR count). The highest BCUT2D eigenvalue weighted by Gasteiger charge is 2.26. The first kappa shape index (κ1) is 21.8. The second kappa shape index (κ2) is 10.7. The van der Waals surface area contributed by atoms with Crippen LogP contribution < -0.4 is 10.6 Å². The van der Waals surface area contributed by atoms with Crippen molar-refractivity contribution < 1.29 is 9.53 Å². The molecule has 7 nitrogen and oxygen atoms in total. The second-order valence-corrected chi connectivity index (χ2v) is 7.53. The maximum Gasteiger partial charge on any atom is 0.254 e. The molecule has 30 heavy (non-hydrogen) atoms. The lowest BCUT2D eigenvalue weighted by Gasteiger charge is -2.35. The molecule has 0 aliphatic carbocycles. The van der Waals surface area contributed by atoms with Crippen LogP contribution in [0.4, 0.5) is 0 Å². The molecule has 1 saturated heterocycles. The largest absolute Gasteiger partial charge is 0.372 e. The fraction of sp³-hybridized carbons (Fsp3) is 0.435. The maximum atomic E-state index is 12.8. The Morgan fingerprint density at radius 3 is 2.50 bits per heavy atom. The average molecular weight is 410 g/mol. The highest BCUT2D eigenvalue weighted by atomic mass is 16.5. The Morgan fingerprint density at radius 1 is 1.13 bits per heavy atom. The molecule has 1 aliphatic heterocycles. The fourth-order valence-corrected chi connectivity index (χ4v) is 3.47. The van der Waals surface area contributed by atoms with Crippen LogP contribution in [0.2, 0.25) is 0 Å². The van der Waals surface area contributed by atoms with E-state index in [2.05, 4.69) is 20.6 Å². The van der Waals surface area contributed by atoms with E-state index in [1.807, 2.05) is 68.1 Å². The first-order valence-corrected chi connectivity index (χ1v) is 10.5. The van der Waals surface area contributed by atoms with E-state index in [4.69, 9.17) is 4.74 Å². The van der Waals surface area contributed by atoms with Crippen LogP contribution >= 0.6 is 0 Å². The summed E-state index contributed by atoms with van der Waals surface area (Å²) in [6, 6.07) is 13.5. The monoisotopic (exact) mass is 409 g/mol. The van der Waals surface area contributed by atoms with Crippen molar-refractivity contribution in [2.45, 2.75) is 46.1 Å². The lowest BCUT2D eigenvalue weighted by atomic mass is 10.1. The van der Waals surface area contributed by atoms with Gasteiger partial charge in [0.15, 0.2) is 5.96 Å². The third-order valence-electron chi connectivity index (χ3n) is 4.83. The summed E-state index contributed by atoms with van der Waals surface area (Å²) in [5, 5.41) is 6.53. The number of hydrogen-bond acceptors (Lipinski definition) is 4. The minimum Gasteiger partial charge on any atom is -0.372 e. The molecule has 2 aromatic rings. The van der Waals surface area contributed by atoms with Gasteiger partial charge in [-0.25, -0.2) is 4.99 Å². The molecule has 1 fully saturated rings. The quantitative estimate of drug-likeness (QED) is 0.566. The number of pyridine rings is 1. The minimum absolute atomic E-state index is 0.0532. The number of morpholine rings is 1. The van der Waals surface area contributed by atoms with Gasteiger partial charge in [-0.2, -0.15) is 0 Å². The van der Waals surface area contributed by atoms with Crippen LogP contribution in [0.1, 0.15) is 42.4 Å². The van der Waals surface area contributed by atoms with E-state index >= 15 is 0 Å². The van der Waals surface area contributed by atoms with Gasteiger partial charge in [-0.3, -0.25) is 9.78 Å². The number of guanidine groups is 1. The number of hydrogen-bond donors (Lipinski definition) is 2. The van der Waals surface area contributed by atoms with Gasteiger partial charge < -0.3 is 20.3 Å². The number of nitrogens with one attached hydrogen (secondary N) is 2. The zero-order chi connectivity index (χ0) is 21.3. The molecule has 1 aromatic carbocycles. The van der Waals surface area contributed by atoms with E-state index in [-0.39, 0.29) is 18.1 Å². The Bertz CT molecular complexity index is 828. The van der Waals surface area contributed by atoms with Crippen LogP contribution in [0.5, 0.6) is 0 Å². The standard InChI is InChI=1S/C23H31N5O2/c1-4-24-23(27-14-21-7-5-6-12-25-21)26-13-19-8-10-20(11-9-19)22(29)28-15-17(2)30-18(3)16-28/h5-12,17-18H,4,13-16H2,1-3H3,(H2,24,26,27). The molecule has 2 unspecified atom stereocenters. The molecule has 160 valence electrons. The molecular weight excluding hydrogens is 378 g/mol. The van der Waals surface area contributed by atoms with Crippen molar-refractivity contribution in [3.63, 3.8) is 0 Å². The normalized spacial score (nSPS) is 19.4. The summed E-state index contributed by atoms with van der Waals surface area (Å²) in [6.45, 7) is 9.20. The molecule has 7 heteroatoms. The molecule has 0 radical (unpaired) electrons. The minimum atomic E-state index is 0.0532.